The van der Waals surface area contributed by atoms with E-state index in [9.17, 15) is 9.59 Å². The summed E-state index contributed by atoms with van der Waals surface area (Å²) < 4.78 is 5.36. The number of aliphatic carboxylic acids is 1. The maximum atomic E-state index is 11.9. The van der Waals surface area contributed by atoms with Crippen LogP contribution in [0.3, 0.4) is 0 Å². The number of carbonyl (C=O) groups is 2. The minimum absolute atomic E-state index is 0.0549. The van der Waals surface area contributed by atoms with Crippen molar-refractivity contribution in [2.75, 3.05) is 0 Å². The van der Waals surface area contributed by atoms with Gasteiger partial charge in [-0.25, -0.2) is 0 Å². The number of ether oxygens (including phenoxy) is 1. The van der Waals surface area contributed by atoms with Crippen molar-refractivity contribution < 1.29 is 19.4 Å². The summed E-state index contributed by atoms with van der Waals surface area (Å²) >= 11 is 0. The quantitative estimate of drug-likeness (QED) is 0.729. The number of hydrogen-bond donors (Lipinski definition) is 1. The molecule has 1 aliphatic carbocycles. The van der Waals surface area contributed by atoms with Gasteiger partial charge in [0, 0.05) is 5.92 Å². The Kier molecular flexibility index (Phi) is 2.30. The van der Waals surface area contributed by atoms with Gasteiger partial charge in [0.05, 0.1) is 12.3 Å². The van der Waals surface area contributed by atoms with Gasteiger partial charge in [-0.15, -0.1) is 0 Å². The number of rotatable bonds is 2. The normalized spacial score (nSPS) is 40.6. The molecule has 0 amide bonds. The molecule has 1 saturated heterocycles. The number of fused-ring (bicyclic) bond motifs is 1. The molecule has 1 heterocycles. The second-order valence-corrected chi connectivity index (χ2v) is 5.87. The molecule has 1 N–H and O–H groups in total. The monoisotopic (exact) mass is 226 g/mol. The molecule has 0 aromatic heterocycles. The molecular formula is C12H18O4. The SMILES string of the molecule is CC1(CC(=O)O)CCC2C1C(=O)OC2(C)C. The number of cyclic esters (lactones) is 1. The number of carboxylic acid groups (broad SMARTS) is 1. The van der Waals surface area contributed by atoms with Crippen molar-refractivity contribution in [3.63, 3.8) is 0 Å². The molecule has 0 aromatic carbocycles. The molecule has 4 nitrogen and oxygen atoms in total. The van der Waals surface area contributed by atoms with Crippen LogP contribution in [0, 0.1) is 17.3 Å². The summed E-state index contributed by atoms with van der Waals surface area (Å²) in [5.41, 5.74) is -0.862. The molecule has 0 bridgehead atoms. The zero-order chi connectivity index (χ0) is 12.1. The summed E-state index contributed by atoms with van der Waals surface area (Å²) in [7, 11) is 0. The molecule has 0 aromatic rings. The van der Waals surface area contributed by atoms with Gasteiger partial charge in [0.1, 0.15) is 5.60 Å². The Labute approximate surface area is 95.0 Å². The first-order chi connectivity index (χ1) is 7.26. The maximum Gasteiger partial charge on any atom is 0.310 e. The summed E-state index contributed by atoms with van der Waals surface area (Å²) in [5.74, 6) is -1.11. The lowest BCUT2D eigenvalue weighted by molar-refractivity contribution is -0.152. The molecule has 2 aliphatic rings. The van der Waals surface area contributed by atoms with E-state index in [1.165, 1.54) is 0 Å². The van der Waals surface area contributed by atoms with Crippen LogP contribution in [0.1, 0.15) is 40.0 Å². The molecule has 0 spiro atoms. The molecule has 16 heavy (non-hydrogen) atoms. The molecule has 1 saturated carbocycles. The standard InChI is InChI=1S/C12H18O4/c1-11(2)7-4-5-12(3,6-8(13)14)9(7)10(15)16-11/h7,9H,4-6H2,1-3H3,(H,13,14). The molecule has 3 unspecified atom stereocenters. The zero-order valence-electron chi connectivity index (χ0n) is 9.95. The Bertz CT molecular complexity index is 347. The van der Waals surface area contributed by atoms with Crippen LogP contribution < -0.4 is 0 Å². The molecule has 2 rings (SSSR count). The van der Waals surface area contributed by atoms with E-state index in [2.05, 4.69) is 0 Å². The fourth-order valence-corrected chi connectivity index (χ4v) is 3.43. The molecule has 3 atom stereocenters. The van der Waals surface area contributed by atoms with Crippen LogP contribution in [0.5, 0.6) is 0 Å². The Morgan fingerprint density at radius 3 is 2.69 bits per heavy atom. The summed E-state index contributed by atoms with van der Waals surface area (Å²) in [6.45, 7) is 5.73. The summed E-state index contributed by atoms with van der Waals surface area (Å²) in [6, 6.07) is 0. The predicted molar refractivity (Wildman–Crippen MR) is 56.7 cm³/mol. The lowest BCUT2D eigenvalue weighted by Crippen LogP contribution is -2.32. The van der Waals surface area contributed by atoms with Gasteiger partial charge in [0.15, 0.2) is 0 Å². The van der Waals surface area contributed by atoms with Crippen molar-refractivity contribution in [2.24, 2.45) is 17.3 Å². The summed E-state index contributed by atoms with van der Waals surface area (Å²) in [4.78, 5) is 22.7. The molecule has 0 radical (unpaired) electrons. The third-order valence-corrected chi connectivity index (χ3v) is 4.25. The molecular weight excluding hydrogens is 208 g/mol. The molecule has 4 heteroatoms. The highest BCUT2D eigenvalue weighted by Crippen LogP contribution is 2.57. The maximum absolute atomic E-state index is 11.9. The first kappa shape index (κ1) is 11.4. The lowest BCUT2D eigenvalue weighted by Gasteiger charge is -2.26. The molecule has 1 aliphatic heterocycles. The third kappa shape index (κ3) is 1.51. The highest BCUT2D eigenvalue weighted by molar-refractivity contribution is 5.79. The number of carboxylic acids is 1. The summed E-state index contributed by atoms with van der Waals surface area (Å²) in [6.07, 6.45) is 1.74. The van der Waals surface area contributed by atoms with E-state index in [4.69, 9.17) is 9.84 Å². The van der Waals surface area contributed by atoms with E-state index in [0.29, 0.717) is 0 Å². The van der Waals surface area contributed by atoms with Gasteiger partial charge in [-0.1, -0.05) is 6.92 Å². The van der Waals surface area contributed by atoms with Crippen molar-refractivity contribution >= 4 is 11.9 Å². The smallest absolute Gasteiger partial charge is 0.310 e. The number of hydrogen-bond acceptors (Lipinski definition) is 3. The third-order valence-electron chi connectivity index (χ3n) is 4.25. The Morgan fingerprint density at radius 1 is 1.50 bits per heavy atom. The van der Waals surface area contributed by atoms with Crippen LogP contribution in [0.2, 0.25) is 0 Å². The van der Waals surface area contributed by atoms with Gasteiger partial charge in [-0.2, -0.15) is 0 Å². The van der Waals surface area contributed by atoms with Crippen LogP contribution in [-0.4, -0.2) is 22.6 Å². The lowest BCUT2D eigenvalue weighted by atomic mass is 9.73. The Balaban J connectivity index is 2.28. The van der Waals surface area contributed by atoms with Gasteiger partial charge in [0.25, 0.3) is 0 Å². The first-order valence-electron chi connectivity index (χ1n) is 5.71. The van der Waals surface area contributed by atoms with Gasteiger partial charge in [0.2, 0.25) is 0 Å². The average Bonchev–Trinajstić information content (AvgIpc) is 2.50. The van der Waals surface area contributed by atoms with E-state index in [0.717, 1.165) is 12.8 Å². The van der Waals surface area contributed by atoms with Crippen molar-refractivity contribution in [1.82, 2.24) is 0 Å². The van der Waals surface area contributed by atoms with Gasteiger partial charge in [-0.05, 0) is 32.1 Å². The van der Waals surface area contributed by atoms with Crippen LogP contribution in [-0.2, 0) is 14.3 Å². The summed E-state index contributed by atoms with van der Waals surface area (Å²) in [5, 5.41) is 8.92. The molecule has 90 valence electrons. The zero-order valence-corrected chi connectivity index (χ0v) is 9.95. The Morgan fingerprint density at radius 2 is 2.12 bits per heavy atom. The second-order valence-electron chi connectivity index (χ2n) is 5.87. The fourth-order valence-electron chi connectivity index (χ4n) is 3.43. The molecule has 2 fully saturated rings. The van der Waals surface area contributed by atoms with Crippen LogP contribution in [0.4, 0.5) is 0 Å². The van der Waals surface area contributed by atoms with Crippen molar-refractivity contribution in [3.05, 3.63) is 0 Å². The van der Waals surface area contributed by atoms with Crippen LogP contribution in [0.15, 0.2) is 0 Å². The van der Waals surface area contributed by atoms with E-state index in [1.54, 1.807) is 0 Å². The van der Waals surface area contributed by atoms with Gasteiger partial charge < -0.3 is 9.84 Å². The van der Waals surface area contributed by atoms with E-state index < -0.39 is 17.0 Å². The van der Waals surface area contributed by atoms with E-state index >= 15 is 0 Å². The highest BCUT2D eigenvalue weighted by atomic mass is 16.6. The largest absolute Gasteiger partial charge is 0.481 e. The number of esters is 1. The topological polar surface area (TPSA) is 63.6 Å². The van der Waals surface area contributed by atoms with E-state index in [1.807, 2.05) is 20.8 Å². The minimum Gasteiger partial charge on any atom is -0.481 e. The van der Waals surface area contributed by atoms with Crippen molar-refractivity contribution in [1.29, 1.82) is 0 Å². The second kappa shape index (κ2) is 3.22. The fraction of sp³-hybridized carbons (Fsp3) is 0.833. The van der Waals surface area contributed by atoms with E-state index in [-0.39, 0.29) is 24.2 Å². The predicted octanol–water partition coefficient (Wildman–Crippen LogP) is 1.83. The van der Waals surface area contributed by atoms with Crippen LogP contribution >= 0.6 is 0 Å². The highest BCUT2D eigenvalue weighted by Gasteiger charge is 2.61. The number of carbonyl (C=O) groups excluding carboxylic acids is 1. The van der Waals surface area contributed by atoms with Crippen molar-refractivity contribution in [3.8, 4) is 0 Å². The van der Waals surface area contributed by atoms with Crippen molar-refractivity contribution in [2.45, 2.75) is 45.6 Å². The Hall–Kier alpha value is -1.06. The first-order valence-corrected chi connectivity index (χ1v) is 5.71. The van der Waals surface area contributed by atoms with Gasteiger partial charge >= 0.3 is 11.9 Å². The van der Waals surface area contributed by atoms with Gasteiger partial charge in [-0.3, -0.25) is 9.59 Å². The average molecular weight is 226 g/mol. The van der Waals surface area contributed by atoms with Crippen LogP contribution in [0.25, 0.3) is 0 Å². The minimum atomic E-state index is -0.833.